The molecule has 1 aliphatic heterocycles. The van der Waals surface area contributed by atoms with E-state index in [1.165, 1.54) is 18.5 Å². The molecule has 2 aromatic rings. The normalized spacial score (nSPS) is 16.5. The molecule has 0 saturated carbocycles. The third-order valence-electron chi connectivity index (χ3n) is 3.62. The summed E-state index contributed by atoms with van der Waals surface area (Å²) in [6.07, 6.45) is 4.08. The van der Waals surface area contributed by atoms with Crippen molar-refractivity contribution in [3.05, 3.63) is 30.1 Å². The SMILES string of the molecule is COc1cc(-c2cc(C3CCNCC3)[nH]n2)ccn1. The second-order valence-electron chi connectivity index (χ2n) is 4.82. The minimum Gasteiger partial charge on any atom is -0.481 e. The molecular weight excluding hydrogens is 240 g/mol. The molecule has 1 fully saturated rings. The molecule has 19 heavy (non-hydrogen) atoms. The highest BCUT2D eigenvalue weighted by atomic mass is 16.5. The van der Waals surface area contributed by atoms with E-state index in [-0.39, 0.29) is 0 Å². The second-order valence-corrected chi connectivity index (χ2v) is 4.82. The molecule has 0 aromatic carbocycles. The van der Waals surface area contributed by atoms with Gasteiger partial charge in [0, 0.05) is 29.4 Å². The van der Waals surface area contributed by atoms with Crippen LogP contribution < -0.4 is 10.1 Å². The molecule has 2 N–H and O–H groups in total. The number of H-pyrrole nitrogens is 1. The molecule has 1 aliphatic rings. The van der Waals surface area contributed by atoms with Gasteiger partial charge in [0.1, 0.15) is 0 Å². The quantitative estimate of drug-likeness (QED) is 0.883. The van der Waals surface area contributed by atoms with Crippen LogP contribution in [-0.2, 0) is 0 Å². The van der Waals surface area contributed by atoms with E-state index >= 15 is 0 Å². The third kappa shape index (κ3) is 2.61. The lowest BCUT2D eigenvalue weighted by atomic mass is 9.94. The molecule has 0 atom stereocenters. The Hall–Kier alpha value is -1.88. The second kappa shape index (κ2) is 5.40. The Morgan fingerprint density at radius 1 is 1.26 bits per heavy atom. The Labute approximate surface area is 112 Å². The number of ether oxygens (including phenoxy) is 1. The fourth-order valence-electron chi connectivity index (χ4n) is 2.51. The van der Waals surface area contributed by atoms with Crippen molar-refractivity contribution in [1.82, 2.24) is 20.5 Å². The molecule has 5 nitrogen and oxygen atoms in total. The van der Waals surface area contributed by atoms with Crippen molar-refractivity contribution in [2.45, 2.75) is 18.8 Å². The number of aromatic amines is 1. The number of methoxy groups -OCH3 is 1. The van der Waals surface area contributed by atoms with E-state index in [0.29, 0.717) is 11.8 Å². The Bertz CT molecular complexity index is 546. The highest BCUT2D eigenvalue weighted by Gasteiger charge is 2.17. The predicted octanol–water partition coefficient (Wildman–Crippen LogP) is 1.95. The van der Waals surface area contributed by atoms with Crippen LogP contribution >= 0.6 is 0 Å². The molecule has 5 heteroatoms. The Kier molecular flexibility index (Phi) is 3.46. The minimum absolute atomic E-state index is 0.589. The Morgan fingerprint density at radius 3 is 2.89 bits per heavy atom. The van der Waals surface area contributed by atoms with E-state index in [0.717, 1.165) is 24.3 Å². The van der Waals surface area contributed by atoms with Gasteiger partial charge in [0.2, 0.25) is 5.88 Å². The smallest absolute Gasteiger partial charge is 0.213 e. The number of hydrogen-bond acceptors (Lipinski definition) is 4. The monoisotopic (exact) mass is 258 g/mol. The molecule has 0 bridgehead atoms. The van der Waals surface area contributed by atoms with E-state index in [1.807, 2.05) is 12.1 Å². The van der Waals surface area contributed by atoms with Crippen molar-refractivity contribution in [2.75, 3.05) is 20.2 Å². The first-order valence-electron chi connectivity index (χ1n) is 6.63. The van der Waals surface area contributed by atoms with Crippen LogP contribution in [0.4, 0.5) is 0 Å². The molecule has 0 spiro atoms. The largest absolute Gasteiger partial charge is 0.481 e. The summed E-state index contributed by atoms with van der Waals surface area (Å²) in [7, 11) is 1.62. The van der Waals surface area contributed by atoms with Gasteiger partial charge in [-0.2, -0.15) is 5.10 Å². The van der Waals surface area contributed by atoms with Gasteiger partial charge in [-0.3, -0.25) is 5.10 Å². The number of nitrogens with one attached hydrogen (secondary N) is 2. The number of rotatable bonds is 3. The van der Waals surface area contributed by atoms with Crippen LogP contribution in [0.2, 0.25) is 0 Å². The van der Waals surface area contributed by atoms with Crippen molar-refractivity contribution in [3.63, 3.8) is 0 Å². The summed E-state index contributed by atoms with van der Waals surface area (Å²) >= 11 is 0. The summed E-state index contributed by atoms with van der Waals surface area (Å²) in [5.74, 6) is 1.20. The fourth-order valence-corrected chi connectivity index (χ4v) is 2.51. The molecule has 2 aromatic heterocycles. The van der Waals surface area contributed by atoms with Gasteiger partial charge in [0.15, 0.2) is 0 Å². The molecule has 1 saturated heterocycles. The maximum absolute atomic E-state index is 5.14. The van der Waals surface area contributed by atoms with Gasteiger partial charge < -0.3 is 10.1 Å². The van der Waals surface area contributed by atoms with Gasteiger partial charge >= 0.3 is 0 Å². The van der Waals surface area contributed by atoms with Gasteiger partial charge in [-0.1, -0.05) is 0 Å². The highest BCUT2D eigenvalue weighted by Crippen LogP contribution is 2.27. The van der Waals surface area contributed by atoms with Crippen LogP contribution in [0.15, 0.2) is 24.4 Å². The summed E-state index contributed by atoms with van der Waals surface area (Å²) in [4.78, 5) is 4.11. The van der Waals surface area contributed by atoms with Crippen molar-refractivity contribution in [3.8, 4) is 17.1 Å². The Morgan fingerprint density at radius 2 is 2.11 bits per heavy atom. The summed E-state index contributed by atoms with van der Waals surface area (Å²) in [6.45, 7) is 2.17. The molecule has 100 valence electrons. The van der Waals surface area contributed by atoms with Gasteiger partial charge in [-0.15, -0.1) is 0 Å². The van der Waals surface area contributed by atoms with E-state index in [2.05, 4.69) is 26.6 Å². The zero-order valence-corrected chi connectivity index (χ0v) is 11.0. The van der Waals surface area contributed by atoms with Crippen molar-refractivity contribution < 1.29 is 4.74 Å². The van der Waals surface area contributed by atoms with E-state index in [4.69, 9.17) is 4.74 Å². The van der Waals surface area contributed by atoms with Gasteiger partial charge in [0.05, 0.1) is 12.8 Å². The first-order chi connectivity index (χ1) is 9.36. The molecular formula is C14H18N4O. The predicted molar refractivity (Wildman–Crippen MR) is 73.2 cm³/mol. The number of hydrogen-bond donors (Lipinski definition) is 2. The number of piperidine rings is 1. The van der Waals surface area contributed by atoms with Crippen LogP contribution in [0.3, 0.4) is 0 Å². The average Bonchev–Trinajstić information content (AvgIpc) is 2.98. The van der Waals surface area contributed by atoms with Crippen LogP contribution in [0, 0.1) is 0 Å². The maximum Gasteiger partial charge on any atom is 0.213 e. The van der Waals surface area contributed by atoms with E-state index in [9.17, 15) is 0 Å². The van der Waals surface area contributed by atoms with Gasteiger partial charge in [-0.05, 0) is 38.1 Å². The lowest BCUT2D eigenvalue weighted by molar-refractivity contribution is 0.398. The van der Waals surface area contributed by atoms with Crippen molar-refractivity contribution >= 4 is 0 Å². The number of aromatic nitrogens is 3. The first kappa shape index (κ1) is 12.2. The van der Waals surface area contributed by atoms with Crippen LogP contribution in [0.25, 0.3) is 11.3 Å². The minimum atomic E-state index is 0.589. The van der Waals surface area contributed by atoms with Crippen LogP contribution in [0.1, 0.15) is 24.5 Å². The molecule has 3 heterocycles. The number of nitrogens with zero attached hydrogens (tertiary/aromatic N) is 2. The van der Waals surface area contributed by atoms with Gasteiger partial charge in [0.25, 0.3) is 0 Å². The summed E-state index contributed by atoms with van der Waals surface area (Å²) in [5, 5.41) is 11.0. The molecule has 0 radical (unpaired) electrons. The number of pyridine rings is 1. The van der Waals surface area contributed by atoms with E-state index in [1.54, 1.807) is 13.3 Å². The zero-order valence-electron chi connectivity index (χ0n) is 11.0. The first-order valence-corrected chi connectivity index (χ1v) is 6.63. The molecule has 0 amide bonds. The third-order valence-corrected chi connectivity index (χ3v) is 3.62. The summed E-state index contributed by atoms with van der Waals surface area (Å²) in [6, 6.07) is 6.00. The van der Waals surface area contributed by atoms with Crippen molar-refractivity contribution in [2.24, 2.45) is 0 Å². The zero-order chi connectivity index (χ0) is 13.1. The van der Waals surface area contributed by atoms with Crippen LogP contribution in [0.5, 0.6) is 5.88 Å². The average molecular weight is 258 g/mol. The van der Waals surface area contributed by atoms with Crippen LogP contribution in [-0.4, -0.2) is 35.4 Å². The summed E-state index contributed by atoms with van der Waals surface area (Å²) in [5.41, 5.74) is 3.21. The highest BCUT2D eigenvalue weighted by molar-refractivity contribution is 5.60. The lowest BCUT2D eigenvalue weighted by Gasteiger charge is -2.20. The fraction of sp³-hybridized carbons (Fsp3) is 0.429. The molecule has 3 rings (SSSR count). The topological polar surface area (TPSA) is 62.8 Å². The standard InChI is InChI=1S/C14H18N4O/c1-19-14-8-11(4-7-16-14)13-9-12(17-18-13)10-2-5-15-6-3-10/h4,7-10,15H,2-3,5-6H2,1H3,(H,17,18). The molecule has 0 aliphatic carbocycles. The van der Waals surface area contributed by atoms with Gasteiger partial charge in [-0.25, -0.2) is 4.98 Å². The molecule has 0 unspecified atom stereocenters. The van der Waals surface area contributed by atoms with E-state index < -0.39 is 0 Å². The van der Waals surface area contributed by atoms with Crippen molar-refractivity contribution in [1.29, 1.82) is 0 Å². The maximum atomic E-state index is 5.14. The summed E-state index contributed by atoms with van der Waals surface area (Å²) < 4.78 is 5.14. The Balaban J connectivity index is 1.83. The lowest BCUT2D eigenvalue weighted by Crippen LogP contribution is -2.26.